The molecule has 30 heavy (non-hydrogen) atoms. The van der Waals surface area contributed by atoms with Crippen LogP contribution in [-0.2, 0) is 35.7 Å². The maximum absolute atomic E-state index is 12.5. The first kappa shape index (κ1) is 21.2. The maximum atomic E-state index is 12.5. The minimum Gasteiger partial charge on any atom is -0.337 e. The molecule has 0 unspecified atom stereocenters. The van der Waals surface area contributed by atoms with Crippen LogP contribution in [0.1, 0.15) is 40.7 Å². The van der Waals surface area contributed by atoms with E-state index in [4.69, 9.17) is 11.6 Å². The zero-order valence-corrected chi connectivity index (χ0v) is 18.5. The van der Waals surface area contributed by atoms with Gasteiger partial charge >= 0.3 is 6.03 Å². The number of anilines is 1. The molecular formula is C22H26ClN3O3S. The second-order valence-electron chi connectivity index (χ2n) is 7.92. The molecule has 2 aliphatic rings. The van der Waals surface area contributed by atoms with Gasteiger partial charge in [-0.15, -0.1) is 0 Å². The zero-order valence-electron chi connectivity index (χ0n) is 17.0. The van der Waals surface area contributed by atoms with Crippen LogP contribution in [0.25, 0.3) is 0 Å². The van der Waals surface area contributed by atoms with Crippen molar-refractivity contribution in [3.63, 3.8) is 0 Å². The van der Waals surface area contributed by atoms with Crippen LogP contribution >= 0.6 is 11.6 Å². The molecule has 0 atom stereocenters. The second kappa shape index (κ2) is 8.57. The summed E-state index contributed by atoms with van der Waals surface area (Å²) in [5, 5.41) is 6.30. The third kappa shape index (κ3) is 4.33. The summed E-state index contributed by atoms with van der Waals surface area (Å²) < 4.78 is 27.5. The van der Waals surface area contributed by atoms with Crippen molar-refractivity contribution in [3.8, 4) is 0 Å². The Labute approximate surface area is 182 Å². The van der Waals surface area contributed by atoms with E-state index in [0.717, 1.165) is 44.2 Å². The Balaban J connectivity index is 1.34. The van der Waals surface area contributed by atoms with E-state index in [9.17, 15) is 13.2 Å². The van der Waals surface area contributed by atoms with E-state index in [-0.39, 0.29) is 24.0 Å². The number of fused-ring (bicyclic) bond motifs is 2. The van der Waals surface area contributed by atoms with Gasteiger partial charge in [0.15, 0.2) is 0 Å². The van der Waals surface area contributed by atoms with E-state index in [2.05, 4.69) is 21.4 Å². The van der Waals surface area contributed by atoms with Gasteiger partial charge in [-0.25, -0.2) is 17.9 Å². The van der Waals surface area contributed by atoms with Gasteiger partial charge in [-0.3, -0.25) is 0 Å². The first-order chi connectivity index (χ1) is 14.3. The van der Waals surface area contributed by atoms with Gasteiger partial charge in [-0.2, -0.15) is 0 Å². The quantitative estimate of drug-likeness (QED) is 0.589. The number of sulfonamides is 1. The largest absolute Gasteiger partial charge is 0.337 e. The monoisotopic (exact) mass is 447 g/mol. The van der Waals surface area contributed by atoms with Crippen molar-refractivity contribution >= 4 is 33.3 Å². The number of benzene rings is 2. The van der Waals surface area contributed by atoms with Crippen molar-refractivity contribution in [1.82, 2.24) is 10.0 Å². The number of hydrogen-bond donors (Lipinski definition) is 3. The van der Waals surface area contributed by atoms with Crippen LogP contribution in [0.2, 0.25) is 5.02 Å². The lowest BCUT2D eigenvalue weighted by molar-refractivity contribution is 0.252. The highest BCUT2D eigenvalue weighted by Gasteiger charge is 2.25. The molecular weight excluding hydrogens is 422 g/mol. The van der Waals surface area contributed by atoms with E-state index in [1.165, 1.54) is 28.3 Å². The van der Waals surface area contributed by atoms with Gasteiger partial charge in [0.25, 0.3) is 0 Å². The van der Waals surface area contributed by atoms with Crippen LogP contribution in [0, 0.1) is 6.92 Å². The molecule has 0 aliphatic heterocycles. The number of nitrogens with one attached hydrogen (secondary N) is 3. The number of carbonyl (C=O) groups is 1. The molecule has 2 amide bonds. The molecule has 8 heteroatoms. The molecule has 0 spiro atoms. The van der Waals surface area contributed by atoms with E-state index in [1.54, 1.807) is 19.1 Å². The Morgan fingerprint density at radius 2 is 1.67 bits per heavy atom. The second-order valence-corrected chi connectivity index (χ2v) is 10.1. The average Bonchev–Trinajstić information content (AvgIpc) is 3.34. The molecule has 2 aliphatic carbocycles. The number of halogens is 1. The number of rotatable bonds is 6. The maximum Gasteiger partial charge on any atom is 0.319 e. The minimum absolute atomic E-state index is 0.100. The first-order valence-electron chi connectivity index (χ1n) is 10.3. The number of aryl methyl sites for hydroxylation is 3. The fourth-order valence-electron chi connectivity index (χ4n) is 4.48. The molecule has 0 bridgehead atoms. The molecule has 0 saturated heterocycles. The standard InChI is InChI=1S/C22H26ClN3O3S/c1-14-12-17(23)8-9-20(14)30(28,29)25-11-10-24-22(27)26-21-18-6-2-4-15(18)13-16-5-3-7-19(16)21/h8-9,12-13,25H,2-7,10-11H2,1H3,(H2,24,26,27). The molecule has 6 nitrogen and oxygen atoms in total. The zero-order chi connectivity index (χ0) is 21.3. The average molecular weight is 448 g/mol. The predicted octanol–water partition coefficient (Wildman–Crippen LogP) is 3.73. The van der Waals surface area contributed by atoms with Crippen molar-refractivity contribution in [1.29, 1.82) is 0 Å². The number of amides is 2. The molecule has 160 valence electrons. The predicted molar refractivity (Wildman–Crippen MR) is 119 cm³/mol. The Morgan fingerprint density at radius 3 is 2.30 bits per heavy atom. The summed E-state index contributed by atoms with van der Waals surface area (Å²) in [5.74, 6) is 0. The summed E-state index contributed by atoms with van der Waals surface area (Å²) in [6, 6.07) is 6.66. The normalized spacial score (nSPS) is 15.0. The van der Waals surface area contributed by atoms with E-state index < -0.39 is 10.0 Å². The minimum atomic E-state index is -3.66. The molecule has 0 aromatic heterocycles. The lowest BCUT2D eigenvalue weighted by Gasteiger charge is -2.16. The fraction of sp³-hybridized carbons (Fsp3) is 0.409. The molecule has 3 N–H and O–H groups in total. The van der Waals surface area contributed by atoms with Gasteiger partial charge in [0.2, 0.25) is 10.0 Å². The Kier molecular flexibility index (Phi) is 6.04. The van der Waals surface area contributed by atoms with Crippen molar-refractivity contribution in [2.75, 3.05) is 18.4 Å². The van der Waals surface area contributed by atoms with E-state index in [1.807, 2.05) is 0 Å². The van der Waals surface area contributed by atoms with Crippen LogP contribution < -0.4 is 15.4 Å². The molecule has 0 saturated carbocycles. The lowest BCUT2D eigenvalue weighted by atomic mass is 9.99. The van der Waals surface area contributed by atoms with Gasteiger partial charge in [0.05, 0.1) is 4.90 Å². The third-order valence-corrected chi connectivity index (χ3v) is 7.70. The van der Waals surface area contributed by atoms with E-state index in [0.29, 0.717) is 10.6 Å². The molecule has 0 radical (unpaired) electrons. The third-order valence-electron chi connectivity index (χ3n) is 5.84. The highest BCUT2D eigenvalue weighted by molar-refractivity contribution is 7.89. The summed E-state index contributed by atoms with van der Waals surface area (Å²) in [4.78, 5) is 12.7. The first-order valence-corrected chi connectivity index (χ1v) is 12.2. The lowest BCUT2D eigenvalue weighted by Crippen LogP contribution is -2.37. The number of hydrogen-bond acceptors (Lipinski definition) is 3. The van der Waals surface area contributed by atoms with Crippen molar-refractivity contribution in [3.05, 3.63) is 57.1 Å². The summed E-state index contributed by atoms with van der Waals surface area (Å²) >= 11 is 5.90. The summed E-state index contributed by atoms with van der Waals surface area (Å²) in [6.07, 6.45) is 6.40. The van der Waals surface area contributed by atoms with Crippen molar-refractivity contribution in [2.45, 2.75) is 50.3 Å². The smallest absolute Gasteiger partial charge is 0.319 e. The summed E-state index contributed by atoms with van der Waals surface area (Å²) in [5.41, 5.74) is 6.81. The fourth-order valence-corrected chi connectivity index (χ4v) is 5.96. The van der Waals surface area contributed by atoms with E-state index >= 15 is 0 Å². The van der Waals surface area contributed by atoms with Gasteiger partial charge in [0.1, 0.15) is 0 Å². The Morgan fingerprint density at radius 1 is 1.00 bits per heavy atom. The van der Waals surface area contributed by atoms with Crippen LogP contribution in [0.4, 0.5) is 10.5 Å². The van der Waals surface area contributed by atoms with Crippen LogP contribution in [-0.4, -0.2) is 27.5 Å². The summed E-state index contributed by atoms with van der Waals surface area (Å²) in [6.45, 7) is 1.99. The molecule has 2 aromatic carbocycles. The van der Waals surface area contributed by atoms with Crippen molar-refractivity contribution < 1.29 is 13.2 Å². The number of urea groups is 1. The van der Waals surface area contributed by atoms with Gasteiger partial charge in [-0.05, 0) is 91.5 Å². The highest BCUT2D eigenvalue weighted by atomic mass is 35.5. The molecule has 4 rings (SSSR count). The van der Waals surface area contributed by atoms with Crippen LogP contribution in [0.15, 0.2) is 29.2 Å². The van der Waals surface area contributed by atoms with Gasteiger partial charge < -0.3 is 10.6 Å². The number of carbonyl (C=O) groups excluding carboxylic acids is 1. The molecule has 0 heterocycles. The Bertz CT molecular complexity index is 1070. The SMILES string of the molecule is Cc1cc(Cl)ccc1S(=O)(=O)NCCNC(=O)Nc1c2c(cc3c1CCC3)CCC2. The van der Waals surface area contributed by atoms with Crippen LogP contribution in [0.3, 0.4) is 0 Å². The Hall–Kier alpha value is -2.09. The molecule has 0 fully saturated rings. The van der Waals surface area contributed by atoms with Gasteiger partial charge in [-0.1, -0.05) is 17.7 Å². The van der Waals surface area contributed by atoms with Gasteiger partial charge in [0, 0.05) is 23.8 Å². The van der Waals surface area contributed by atoms with Crippen molar-refractivity contribution in [2.24, 2.45) is 0 Å². The topological polar surface area (TPSA) is 87.3 Å². The summed E-state index contributed by atoms with van der Waals surface area (Å²) in [7, 11) is -3.66. The van der Waals surface area contributed by atoms with Crippen LogP contribution in [0.5, 0.6) is 0 Å². The highest BCUT2D eigenvalue weighted by Crippen LogP contribution is 2.38. The molecule has 2 aromatic rings.